The van der Waals surface area contributed by atoms with Crippen molar-refractivity contribution in [3.63, 3.8) is 0 Å². The van der Waals surface area contributed by atoms with Crippen LogP contribution < -0.4 is 10.2 Å². The van der Waals surface area contributed by atoms with Crippen LogP contribution in [-0.2, 0) is 6.42 Å². The maximum absolute atomic E-state index is 4.94. The molecule has 0 amide bonds. The molecule has 0 spiro atoms. The van der Waals surface area contributed by atoms with E-state index in [0.29, 0.717) is 6.04 Å². The van der Waals surface area contributed by atoms with E-state index in [9.17, 15) is 0 Å². The highest BCUT2D eigenvalue weighted by Crippen LogP contribution is 2.38. The Hall–Kier alpha value is -0.260. The van der Waals surface area contributed by atoms with Crippen molar-refractivity contribution >= 4 is 28.2 Å². The van der Waals surface area contributed by atoms with Crippen LogP contribution >= 0.6 is 23.1 Å². The van der Waals surface area contributed by atoms with Crippen molar-refractivity contribution in [3.05, 3.63) is 10.6 Å². The molecule has 1 aliphatic heterocycles. The number of thiazole rings is 1. The van der Waals surface area contributed by atoms with Crippen molar-refractivity contribution in [3.8, 4) is 0 Å². The molecule has 2 unspecified atom stereocenters. The molecule has 2 atom stereocenters. The lowest BCUT2D eigenvalue weighted by Crippen LogP contribution is -2.37. The third kappa shape index (κ3) is 2.78. The fourth-order valence-corrected chi connectivity index (χ4v) is 5.43. The molecule has 1 N–H and O–H groups in total. The van der Waals surface area contributed by atoms with E-state index in [-0.39, 0.29) is 0 Å². The predicted molar refractivity (Wildman–Crippen MR) is 85.6 cm³/mol. The Morgan fingerprint density at radius 2 is 2.37 bits per heavy atom. The lowest BCUT2D eigenvalue weighted by molar-refractivity contribution is 0.501. The summed E-state index contributed by atoms with van der Waals surface area (Å²) in [5.74, 6) is 1.25. The summed E-state index contributed by atoms with van der Waals surface area (Å²) < 4.78 is 0. The fourth-order valence-electron chi connectivity index (χ4n) is 2.96. The minimum atomic E-state index is 0.538. The van der Waals surface area contributed by atoms with E-state index in [1.807, 2.05) is 11.3 Å². The minimum absolute atomic E-state index is 0.538. The summed E-state index contributed by atoms with van der Waals surface area (Å²) in [6.45, 7) is 4.64. The second kappa shape index (κ2) is 6.02. The normalized spacial score (nSPS) is 27.4. The quantitative estimate of drug-likeness (QED) is 0.928. The first-order valence-electron chi connectivity index (χ1n) is 7.35. The number of hydrogen-bond donors (Lipinski definition) is 1. The lowest BCUT2D eigenvalue weighted by Gasteiger charge is -2.31. The zero-order valence-electron chi connectivity index (χ0n) is 11.8. The standard InChI is InChI=1S/C14H23N3S2/c1-3-10-9-17(7-8-18-10)14-16-12-6-4-5-11(15-2)13(12)19-14/h10-11,15H,3-9H2,1-2H3. The number of anilines is 1. The van der Waals surface area contributed by atoms with Crippen LogP contribution in [0.1, 0.15) is 42.8 Å². The average Bonchev–Trinajstić information content (AvgIpc) is 2.91. The summed E-state index contributed by atoms with van der Waals surface area (Å²) in [5, 5.41) is 5.50. The van der Waals surface area contributed by atoms with Crippen LogP contribution in [0.4, 0.5) is 5.13 Å². The fraction of sp³-hybridized carbons (Fsp3) is 0.786. The summed E-state index contributed by atoms with van der Waals surface area (Å²) in [5.41, 5.74) is 1.36. The topological polar surface area (TPSA) is 28.2 Å². The summed E-state index contributed by atoms with van der Waals surface area (Å²) in [7, 11) is 2.07. The van der Waals surface area contributed by atoms with Gasteiger partial charge in [-0.05, 0) is 32.7 Å². The third-order valence-corrected chi connectivity index (χ3v) is 6.80. The molecule has 0 radical (unpaired) electrons. The van der Waals surface area contributed by atoms with Crippen LogP contribution in [0, 0.1) is 0 Å². The monoisotopic (exact) mass is 297 g/mol. The van der Waals surface area contributed by atoms with Crippen LogP contribution in [0.3, 0.4) is 0 Å². The maximum Gasteiger partial charge on any atom is 0.185 e. The van der Waals surface area contributed by atoms with Crippen molar-refractivity contribution in [2.24, 2.45) is 0 Å². The highest BCUT2D eigenvalue weighted by molar-refractivity contribution is 8.00. The summed E-state index contributed by atoms with van der Waals surface area (Å²) in [6, 6.07) is 0.538. The Kier molecular flexibility index (Phi) is 4.34. The first kappa shape index (κ1) is 13.7. The molecule has 1 aromatic rings. The molecule has 0 saturated carbocycles. The van der Waals surface area contributed by atoms with Crippen molar-refractivity contribution in [2.45, 2.75) is 43.9 Å². The third-order valence-electron chi connectivity index (χ3n) is 4.15. The number of fused-ring (bicyclic) bond motifs is 1. The van der Waals surface area contributed by atoms with Crippen LogP contribution in [0.2, 0.25) is 0 Å². The second-order valence-corrected chi connectivity index (χ2v) is 7.81. The first-order valence-corrected chi connectivity index (χ1v) is 9.21. The van der Waals surface area contributed by atoms with Crippen molar-refractivity contribution < 1.29 is 0 Å². The summed E-state index contributed by atoms with van der Waals surface area (Å²) in [6.07, 6.45) is 4.98. The van der Waals surface area contributed by atoms with Gasteiger partial charge in [0.1, 0.15) is 0 Å². The number of nitrogens with one attached hydrogen (secondary N) is 1. The molecule has 1 aromatic heterocycles. The lowest BCUT2D eigenvalue weighted by atomic mass is 9.98. The molecule has 19 heavy (non-hydrogen) atoms. The van der Waals surface area contributed by atoms with E-state index < -0.39 is 0 Å². The van der Waals surface area contributed by atoms with E-state index >= 15 is 0 Å². The second-order valence-electron chi connectivity index (χ2n) is 5.39. The van der Waals surface area contributed by atoms with Gasteiger partial charge in [0.2, 0.25) is 0 Å². The highest BCUT2D eigenvalue weighted by Gasteiger charge is 2.27. The number of thioether (sulfide) groups is 1. The van der Waals surface area contributed by atoms with Gasteiger partial charge in [-0.25, -0.2) is 4.98 Å². The van der Waals surface area contributed by atoms with Gasteiger partial charge in [0.15, 0.2) is 5.13 Å². The predicted octanol–water partition coefficient (Wildman–Crippen LogP) is 3.07. The molecule has 1 saturated heterocycles. The zero-order valence-corrected chi connectivity index (χ0v) is 13.4. The molecule has 3 nitrogen and oxygen atoms in total. The average molecular weight is 297 g/mol. The van der Waals surface area contributed by atoms with E-state index in [1.165, 1.54) is 53.7 Å². The van der Waals surface area contributed by atoms with Gasteiger partial charge in [-0.3, -0.25) is 0 Å². The van der Waals surface area contributed by atoms with Gasteiger partial charge in [0.05, 0.1) is 5.69 Å². The number of nitrogens with zero attached hydrogens (tertiary/aromatic N) is 2. The molecular formula is C14H23N3S2. The number of hydrogen-bond acceptors (Lipinski definition) is 5. The largest absolute Gasteiger partial charge is 0.346 e. The molecule has 0 aromatic carbocycles. The van der Waals surface area contributed by atoms with Gasteiger partial charge in [0.25, 0.3) is 0 Å². The summed E-state index contributed by atoms with van der Waals surface area (Å²) in [4.78, 5) is 8.95. The molecule has 2 heterocycles. The van der Waals surface area contributed by atoms with E-state index in [1.54, 1.807) is 0 Å². The van der Waals surface area contributed by atoms with Gasteiger partial charge in [-0.2, -0.15) is 11.8 Å². The van der Waals surface area contributed by atoms with Crippen molar-refractivity contribution in [2.75, 3.05) is 30.8 Å². The Labute approximate surface area is 124 Å². The first-order chi connectivity index (χ1) is 9.31. The molecule has 1 fully saturated rings. The van der Waals surface area contributed by atoms with Crippen LogP contribution in [0.5, 0.6) is 0 Å². The molecule has 2 aliphatic rings. The maximum atomic E-state index is 4.94. The van der Waals surface area contributed by atoms with Crippen LogP contribution in [0.15, 0.2) is 0 Å². The number of rotatable bonds is 3. The Bertz CT molecular complexity index is 432. The SMILES string of the molecule is CCC1CN(c2nc3c(s2)C(NC)CCC3)CCS1. The number of aryl methyl sites for hydroxylation is 1. The molecule has 0 bridgehead atoms. The highest BCUT2D eigenvalue weighted by atomic mass is 32.2. The molecular weight excluding hydrogens is 274 g/mol. The molecule has 3 rings (SSSR count). The van der Waals surface area contributed by atoms with Gasteiger partial charge in [-0.1, -0.05) is 18.3 Å². The van der Waals surface area contributed by atoms with Crippen molar-refractivity contribution in [1.29, 1.82) is 0 Å². The Balaban J connectivity index is 1.80. The van der Waals surface area contributed by atoms with Gasteiger partial charge >= 0.3 is 0 Å². The van der Waals surface area contributed by atoms with E-state index in [2.05, 4.69) is 35.9 Å². The van der Waals surface area contributed by atoms with Crippen LogP contribution in [-0.4, -0.2) is 36.1 Å². The van der Waals surface area contributed by atoms with E-state index in [0.717, 1.165) is 11.8 Å². The molecule has 5 heteroatoms. The Morgan fingerprint density at radius 1 is 1.47 bits per heavy atom. The summed E-state index contributed by atoms with van der Waals surface area (Å²) >= 11 is 4.05. The number of aromatic nitrogens is 1. The van der Waals surface area contributed by atoms with Gasteiger partial charge < -0.3 is 10.2 Å². The molecule has 106 valence electrons. The zero-order chi connectivity index (χ0) is 13.2. The van der Waals surface area contributed by atoms with Gasteiger partial charge in [-0.15, -0.1) is 0 Å². The Morgan fingerprint density at radius 3 is 3.16 bits per heavy atom. The smallest absolute Gasteiger partial charge is 0.185 e. The van der Waals surface area contributed by atoms with Crippen molar-refractivity contribution in [1.82, 2.24) is 10.3 Å². The minimum Gasteiger partial charge on any atom is -0.346 e. The van der Waals surface area contributed by atoms with E-state index in [4.69, 9.17) is 4.98 Å². The van der Waals surface area contributed by atoms with Gasteiger partial charge in [0, 0.05) is 35.0 Å². The molecule has 1 aliphatic carbocycles. The van der Waals surface area contributed by atoms with Crippen LogP contribution in [0.25, 0.3) is 0 Å².